The Morgan fingerprint density at radius 1 is 1.54 bits per heavy atom. The molecule has 0 saturated heterocycles. The van der Waals surface area contributed by atoms with Crippen LogP contribution in [0.25, 0.3) is 0 Å². The smallest absolute Gasteiger partial charge is 0.280 e. The van der Waals surface area contributed by atoms with Crippen molar-refractivity contribution in [2.24, 2.45) is 0 Å². The number of aromatic nitrogens is 1. The van der Waals surface area contributed by atoms with Gasteiger partial charge in [0, 0.05) is 5.56 Å². The number of nitrogens with two attached hydrogens (primary N) is 1. The monoisotopic (exact) mass is 190 g/mol. The Bertz CT molecular complexity index is 341. The molecule has 0 saturated carbocycles. The average molecular weight is 190 g/mol. The topological polar surface area (TPSA) is 56.0 Å². The molecule has 1 rings (SSSR count). The van der Waals surface area contributed by atoms with E-state index in [-0.39, 0.29) is 11.8 Å². The van der Waals surface area contributed by atoms with Gasteiger partial charge in [0.05, 0.1) is 5.69 Å². The zero-order chi connectivity index (χ0) is 10.0. The van der Waals surface area contributed by atoms with Crippen LogP contribution in [-0.4, -0.2) is 11.3 Å². The van der Waals surface area contributed by atoms with E-state index in [9.17, 15) is 18.0 Å². The van der Waals surface area contributed by atoms with Gasteiger partial charge in [-0.15, -0.1) is 0 Å². The van der Waals surface area contributed by atoms with Crippen LogP contribution in [0.5, 0.6) is 0 Å². The summed E-state index contributed by atoms with van der Waals surface area (Å²) in [5.41, 5.74) is 3.42. The van der Waals surface area contributed by atoms with Crippen LogP contribution in [0, 0.1) is 5.95 Å². The maximum absolute atomic E-state index is 12.7. The third-order valence-electron chi connectivity index (χ3n) is 1.41. The SMILES string of the molecule is Nc1c(C=O)cc(C(F)F)nc1F. The van der Waals surface area contributed by atoms with Crippen LogP contribution in [0.15, 0.2) is 6.07 Å². The lowest BCUT2D eigenvalue weighted by molar-refractivity contribution is 0.112. The average Bonchev–Trinajstić information content (AvgIpc) is 2.09. The van der Waals surface area contributed by atoms with Crippen molar-refractivity contribution in [2.75, 3.05) is 5.73 Å². The molecule has 1 aromatic heterocycles. The number of hydrogen-bond donors (Lipinski definition) is 1. The quantitative estimate of drug-likeness (QED) is 0.568. The molecule has 0 amide bonds. The standard InChI is InChI=1S/C7H5F3N2O/c8-6(9)4-1-3(2-13)5(11)7(10)12-4/h1-2,6H,11H2. The minimum absolute atomic E-state index is 0.200. The molecular formula is C7H5F3N2O. The van der Waals surface area contributed by atoms with Gasteiger partial charge in [0.25, 0.3) is 6.43 Å². The molecular weight excluding hydrogens is 185 g/mol. The molecule has 2 N–H and O–H groups in total. The fourth-order valence-corrected chi connectivity index (χ4v) is 0.771. The van der Waals surface area contributed by atoms with Gasteiger partial charge in [0.15, 0.2) is 6.29 Å². The first-order valence-corrected chi connectivity index (χ1v) is 3.25. The molecule has 70 valence electrons. The van der Waals surface area contributed by atoms with Crippen molar-refractivity contribution in [2.45, 2.75) is 6.43 Å². The Hall–Kier alpha value is -1.59. The maximum atomic E-state index is 12.7. The number of carbonyl (C=O) groups is 1. The number of alkyl halides is 2. The van der Waals surface area contributed by atoms with Crippen molar-refractivity contribution >= 4 is 12.0 Å². The van der Waals surface area contributed by atoms with E-state index in [0.29, 0.717) is 0 Å². The molecule has 0 fully saturated rings. The van der Waals surface area contributed by atoms with E-state index < -0.39 is 23.8 Å². The molecule has 13 heavy (non-hydrogen) atoms. The highest BCUT2D eigenvalue weighted by atomic mass is 19.3. The molecule has 6 heteroatoms. The summed E-state index contributed by atoms with van der Waals surface area (Å²) >= 11 is 0. The predicted octanol–water partition coefficient (Wildman–Crippen LogP) is 1.55. The van der Waals surface area contributed by atoms with Gasteiger partial charge in [-0.1, -0.05) is 0 Å². The number of pyridine rings is 1. The van der Waals surface area contributed by atoms with Crippen molar-refractivity contribution in [3.05, 3.63) is 23.3 Å². The van der Waals surface area contributed by atoms with Crippen molar-refractivity contribution in [3.8, 4) is 0 Å². The lowest BCUT2D eigenvalue weighted by Gasteiger charge is -2.03. The molecule has 0 radical (unpaired) electrons. The predicted molar refractivity (Wildman–Crippen MR) is 39.0 cm³/mol. The van der Waals surface area contributed by atoms with Gasteiger partial charge in [0.1, 0.15) is 5.69 Å². The van der Waals surface area contributed by atoms with Crippen molar-refractivity contribution in [1.82, 2.24) is 4.98 Å². The molecule has 0 aliphatic rings. The maximum Gasteiger partial charge on any atom is 0.280 e. The lowest BCUT2D eigenvalue weighted by atomic mass is 10.2. The molecule has 1 aromatic rings. The number of carbonyl (C=O) groups excluding carboxylic acids is 1. The van der Waals surface area contributed by atoms with E-state index in [2.05, 4.69) is 4.98 Å². The number of hydrogen-bond acceptors (Lipinski definition) is 3. The summed E-state index contributed by atoms with van der Waals surface area (Å²) in [7, 11) is 0. The zero-order valence-electron chi connectivity index (χ0n) is 6.30. The first-order chi connectivity index (χ1) is 6.06. The Balaban J connectivity index is 3.30. The van der Waals surface area contributed by atoms with Crippen LogP contribution in [0.2, 0.25) is 0 Å². The summed E-state index contributed by atoms with van der Waals surface area (Å²) in [6.45, 7) is 0. The van der Waals surface area contributed by atoms with Crippen LogP contribution < -0.4 is 5.73 Å². The second kappa shape index (κ2) is 3.42. The first-order valence-electron chi connectivity index (χ1n) is 3.25. The Labute approximate surface area is 71.4 Å². The molecule has 0 aliphatic heterocycles. The fraction of sp³-hybridized carbons (Fsp3) is 0.143. The van der Waals surface area contributed by atoms with E-state index in [4.69, 9.17) is 5.73 Å². The Kier molecular flexibility index (Phi) is 2.50. The molecule has 0 unspecified atom stereocenters. The van der Waals surface area contributed by atoms with Gasteiger partial charge >= 0.3 is 0 Å². The second-order valence-electron chi connectivity index (χ2n) is 2.26. The fourth-order valence-electron chi connectivity index (χ4n) is 0.771. The van der Waals surface area contributed by atoms with E-state index >= 15 is 0 Å². The van der Waals surface area contributed by atoms with Crippen LogP contribution in [0.4, 0.5) is 18.9 Å². The molecule has 0 spiro atoms. The van der Waals surface area contributed by atoms with Gasteiger partial charge in [-0.3, -0.25) is 4.79 Å². The normalized spacial score (nSPS) is 10.5. The minimum Gasteiger partial charge on any atom is -0.394 e. The lowest BCUT2D eigenvalue weighted by Crippen LogP contribution is -2.03. The molecule has 3 nitrogen and oxygen atoms in total. The third-order valence-corrected chi connectivity index (χ3v) is 1.41. The Morgan fingerprint density at radius 3 is 2.62 bits per heavy atom. The summed E-state index contributed by atoms with van der Waals surface area (Å²) < 4.78 is 36.7. The van der Waals surface area contributed by atoms with Crippen molar-refractivity contribution in [3.63, 3.8) is 0 Å². The molecule has 0 bridgehead atoms. The summed E-state index contributed by atoms with van der Waals surface area (Å²) in [5, 5.41) is 0. The molecule has 1 heterocycles. The highest BCUT2D eigenvalue weighted by Crippen LogP contribution is 2.21. The van der Waals surface area contributed by atoms with E-state index in [1.165, 1.54) is 0 Å². The summed E-state index contributed by atoms with van der Waals surface area (Å²) in [6, 6.07) is 0.760. The third kappa shape index (κ3) is 1.77. The second-order valence-corrected chi connectivity index (χ2v) is 2.26. The first kappa shape index (κ1) is 9.50. The highest BCUT2D eigenvalue weighted by molar-refractivity contribution is 5.83. The summed E-state index contributed by atoms with van der Waals surface area (Å²) in [4.78, 5) is 13.1. The number of aldehydes is 1. The van der Waals surface area contributed by atoms with Gasteiger partial charge < -0.3 is 5.73 Å². The molecule has 0 aliphatic carbocycles. The number of nitrogen functional groups attached to an aromatic ring is 1. The van der Waals surface area contributed by atoms with E-state index in [1.807, 2.05) is 0 Å². The van der Waals surface area contributed by atoms with Gasteiger partial charge in [-0.2, -0.15) is 4.39 Å². The number of halogens is 3. The number of rotatable bonds is 2. The highest BCUT2D eigenvalue weighted by Gasteiger charge is 2.15. The van der Waals surface area contributed by atoms with Gasteiger partial charge in [-0.25, -0.2) is 13.8 Å². The van der Waals surface area contributed by atoms with Crippen LogP contribution in [0.1, 0.15) is 22.5 Å². The molecule has 0 aromatic carbocycles. The summed E-state index contributed by atoms with van der Waals surface area (Å²) in [5.74, 6) is -1.25. The Morgan fingerprint density at radius 2 is 2.15 bits per heavy atom. The van der Waals surface area contributed by atoms with Gasteiger partial charge in [-0.05, 0) is 6.07 Å². The molecule has 0 atom stereocenters. The van der Waals surface area contributed by atoms with Crippen molar-refractivity contribution < 1.29 is 18.0 Å². The van der Waals surface area contributed by atoms with E-state index in [1.54, 1.807) is 0 Å². The minimum atomic E-state index is -2.92. The number of nitrogens with zero attached hydrogens (tertiary/aromatic N) is 1. The number of anilines is 1. The van der Waals surface area contributed by atoms with E-state index in [0.717, 1.165) is 6.07 Å². The van der Waals surface area contributed by atoms with Crippen LogP contribution >= 0.6 is 0 Å². The zero-order valence-corrected chi connectivity index (χ0v) is 6.30. The van der Waals surface area contributed by atoms with Crippen molar-refractivity contribution in [1.29, 1.82) is 0 Å². The van der Waals surface area contributed by atoms with Gasteiger partial charge in [0.2, 0.25) is 5.95 Å². The van der Waals surface area contributed by atoms with Crippen LogP contribution in [-0.2, 0) is 0 Å². The summed E-state index contributed by atoms with van der Waals surface area (Å²) in [6.07, 6.45) is -2.72. The van der Waals surface area contributed by atoms with Crippen LogP contribution in [0.3, 0.4) is 0 Å². The largest absolute Gasteiger partial charge is 0.394 e.